The van der Waals surface area contributed by atoms with Crippen molar-refractivity contribution in [3.8, 4) is 11.4 Å². The lowest BCUT2D eigenvalue weighted by molar-refractivity contribution is -0.120. The second-order valence-electron chi connectivity index (χ2n) is 7.11. The van der Waals surface area contributed by atoms with Gasteiger partial charge in [0.1, 0.15) is 5.82 Å². The van der Waals surface area contributed by atoms with E-state index in [4.69, 9.17) is 0 Å². The Morgan fingerprint density at radius 3 is 2.43 bits per heavy atom. The fourth-order valence-corrected chi connectivity index (χ4v) is 4.37. The van der Waals surface area contributed by atoms with Crippen LogP contribution in [0.1, 0.15) is 12.8 Å². The van der Waals surface area contributed by atoms with Crippen molar-refractivity contribution in [1.82, 2.24) is 14.3 Å². The second kappa shape index (κ2) is 7.37. The molecule has 2 heterocycles. The first kappa shape index (κ1) is 18.6. The first-order valence-electron chi connectivity index (χ1n) is 9.21. The van der Waals surface area contributed by atoms with Gasteiger partial charge in [0.15, 0.2) is 0 Å². The van der Waals surface area contributed by atoms with Gasteiger partial charge in [-0.05, 0) is 49.2 Å². The van der Waals surface area contributed by atoms with Gasteiger partial charge in [-0.15, -0.1) is 0 Å². The van der Waals surface area contributed by atoms with Gasteiger partial charge in [0.25, 0.3) is 0 Å². The largest absolute Gasteiger partial charge is 0.338 e. The van der Waals surface area contributed by atoms with Crippen LogP contribution >= 0.6 is 0 Å². The molecular weight excluding hydrogens is 376 g/mol. The predicted octanol–water partition coefficient (Wildman–Crippen LogP) is 2.84. The molecule has 146 valence electrons. The van der Waals surface area contributed by atoms with Crippen LogP contribution in [0.5, 0.6) is 0 Å². The van der Waals surface area contributed by atoms with E-state index in [1.54, 1.807) is 0 Å². The third-order valence-corrected chi connectivity index (χ3v) is 6.41. The van der Waals surface area contributed by atoms with Crippen molar-refractivity contribution >= 4 is 32.7 Å². The summed E-state index contributed by atoms with van der Waals surface area (Å²) in [6, 6.07) is 15.4. The molecule has 0 radical (unpaired) electrons. The van der Waals surface area contributed by atoms with E-state index in [0.717, 1.165) is 28.1 Å². The van der Waals surface area contributed by atoms with Gasteiger partial charge in [0, 0.05) is 30.3 Å². The summed E-state index contributed by atoms with van der Waals surface area (Å²) in [5.74, 6) is 0.546. The molecule has 1 aliphatic rings. The van der Waals surface area contributed by atoms with Gasteiger partial charge < -0.3 is 10.3 Å². The minimum Gasteiger partial charge on any atom is -0.338 e. The van der Waals surface area contributed by atoms with E-state index in [0.29, 0.717) is 25.9 Å². The third-order valence-electron chi connectivity index (χ3n) is 5.11. The normalized spacial score (nSPS) is 16.3. The van der Waals surface area contributed by atoms with Crippen LogP contribution in [0.2, 0.25) is 0 Å². The Balaban J connectivity index is 1.40. The third kappa shape index (κ3) is 3.93. The predicted molar refractivity (Wildman–Crippen MR) is 109 cm³/mol. The maximum Gasteiger partial charge on any atom is 0.227 e. The fraction of sp³-hybridized carbons (Fsp3) is 0.300. The van der Waals surface area contributed by atoms with Gasteiger partial charge in [0.2, 0.25) is 15.9 Å². The zero-order valence-electron chi connectivity index (χ0n) is 15.6. The first-order valence-corrected chi connectivity index (χ1v) is 11.1. The van der Waals surface area contributed by atoms with E-state index >= 15 is 0 Å². The molecule has 28 heavy (non-hydrogen) atoms. The van der Waals surface area contributed by atoms with Crippen LogP contribution in [-0.2, 0) is 14.8 Å². The van der Waals surface area contributed by atoms with Crippen LogP contribution in [0.3, 0.4) is 0 Å². The number of hydrogen-bond acceptors (Lipinski definition) is 4. The highest BCUT2D eigenvalue weighted by molar-refractivity contribution is 7.88. The van der Waals surface area contributed by atoms with E-state index in [2.05, 4.69) is 15.3 Å². The minimum atomic E-state index is -3.18. The second-order valence-corrected chi connectivity index (χ2v) is 9.09. The average Bonchev–Trinajstić information content (AvgIpc) is 3.12. The average molecular weight is 398 g/mol. The van der Waals surface area contributed by atoms with Crippen molar-refractivity contribution in [1.29, 1.82) is 0 Å². The summed E-state index contributed by atoms with van der Waals surface area (Å²) < 4.78 is 24.6. The molecule has 1 fully saturated rings. The van der Waals surface area contributed by atoms with Crippen molar-refractivity contribution in [3.05, 3.63) is 48.5 Å². The number of piperidine rings is 1. The quantitative estimate of drug-likeness (QED) is 0.706. The van der Waals surface area contributed by atoms with Crippen LogP contribution in [-0.4, -0.2) is 47.9 Å². The van der Waals surface area contributed by atoms with Gasteiger partial charge in [-0.1, -0.05) is 12.1 Å². The minimum absolute atomic E-state index is 0.0651. The van der Waals surface area contributed by atoms with Crippen molar-refractivity contribution in [3.63, 3.8) is 0 Å². The van der Waals surface area contributed by atoms with Crippen LogP contribution in [0, 0.1) is 5.92 Å². The number of nitrogens with zero attached hydrogens (tertiary/aromatic N) is 2. The van der Waals surface area contributed by atoms with Crippen LogP contribution in [0.25, 0.3) is 22.4 Å². The molecule has 1 amide bonds. The van der Waals surface area contributed by atoms with Gasteiger partial charge in [0.05, 0.1) is 17.3 Å². The number of H-pyrrole nitrogens is 1. The molecular formula is C20H22N4O3S. The first-order chi connectivity index (χ1) is 13.4. The number of imidazole rings is 1. The Hall–Kier alpha value is -2.71. The molecule has 0 aliphatic carbocycles. The number of fused-ring (bicyclic) bond motifs is 1. The number of aromatic amines is 1. The smallest absolute Gasteiger partial charge is 0.227 e. The molecule has 3 aromatic rings. The molecule has 1 saturated heterocycles. The lowest BCUT2D eigenvalue weighted by atomic mass is 9.97. The molecule has 7 nitrogen and oxygen atoms in total. The Morgan fingerprint density at radius 1 is 1.11 bits per heavy atom. The summed E-state index contributed by atoms with van der Waals surface area (Å²) in [7, 11) is -3.18. The number of nitrogens with one attached hydrogen (secondary N) is 2. The van der Waals surface area contributed by atoms with E-state index in [-0.39, 0.29) is 11.8 Å². The van der Waals surface area contributed by atoms with Crippen molar-refractivity contribution in [2.75, 3.05) is 24.7 Å². The van der Waals surface area contributed by atoms with E-state index in [1.807, 2.05) is 48.5 Å². The number of carbonyl (C=O) groups excluding carboxylic acids is 1. The number of amides is 1. The van der Waals surface area contributed by atoms with Crippen LogP contribution < -0.4 is 5.32 Å². The van der Waals surface area contributed by atoms with Gasteiger partial charge in [-0.25, -0.2) is 17.7 Å². The fourth-order valence-electron chi connectivity index (χ4n) is 3.49. The molecule has 0 bridgehead atoms. The monoisotopic (exact) mass is 398 g/mol. The maximum absolute atomic E-state index is 12.5. The van der Waals surface area contributed by atoms with Crippen molar-refractivity contribution < 1.29 is 13.2 Å². The Labute approximate surface area is 163 Å². The highest BCUT2D eigenvalue weighted by atomic mass is 32.2. The highest BCUT2D eigenvalue weighted by Gasteiger charge is 2.28. The van der Waals surface area contributed by atoms with E-state index in [1.165, 1.54) is 10.6 Å². The molecule has 1 aromatic heterocycles. The van der Waals surface area contributed by atoms with Crippen molar-refractivity contribution in [2.45, 2.75) is 12.8 Å². The summed E-state index contributed by atoms with van der Waals surface area (Å²) in [6.07, 6.45) is 2.28. The summed E-state index contributed by atoms with van der Waals surface area (Å²) in [6.45, 7) is 0.782. The number of hydrogen-bond donors (Lipinski definition) is 2. The van der Waals surface area contributed by atoms with Gasteiger partial charge in [-0.3, -0.25) is 4.79 Å². The van der Waals surface area contributed by atoms with Crippen LogP contribution in [0.4, 0.5) is 5.69 Å². The molecule has 2 N–H and O–H groups in total. The highest BCUT2D eigenvalue weighted by Crippen LogP contribution is 2.24. The number of benzene rings is 2. The molecule has 0 spiro atoms. The standard InChI is InChI=1S/C20H22N4O3S/c1-28(26,27)24-12-10-15(11-13-24)20(25)21-16-8-6-14(7-9-16)19-22-17-4-2-3-5-18(17)23-19/h2-9,15H,10-13H2,1H3,(H,21,25)(H,22,23). The molecule has 4 rings (SSSR count). The van der Waals surface area contributed by atoms with Gasteiger partial charge in [-0.2, -0.15) is 0 Å². The lowest BCUT2D eigenvalue weighted by Crippen LogP contribution is -2.40. The number of para-hydroxylation sites is 2. The zero-order valence-corrected chi connectivity index (χ0v) is 16.4. The molecule has 2 aromatic carbocycles. The van der Waals surface area contributed by atoms with Crippen molar-refractivity contribution in [2.24, 2.45) is 5.92 Å². The number of anilines is 1. The number of rotatable bonds is 4. The van der Waals surface area contributed by atoms with E-state index < -0.39 is 10.0 Å². The van der Waals surface area contributed by atoms with Crippen LogP contribution in [0.15, 0.2) is 48.5 Å². The Bertz CT molecular complexity index is 1060. The number of sulfonamides is 1. The number of aromatic nitrogens is 2. The van der Waals surface area contributed by atoms with Gasteiger partial charge >= 0.3 is 0 Å². The molecule has 0 unspecified atom stereocenters. The molecule has 0 atom stereocenters. The molecule has 1 aliphatic heterocycles. The van der Waals surface area contributed by atoms with E-state index in [9.17, 15) is 13.2 Å². The Morgan fingerprint density at radius 2 is 1.79 bits per heavy atom. The number of carbonyl (C=O) groups is 1. The summed E-state index contributed by atoms with van der Waals surface area (Å²) in [5.41, 5.74) is 3.55. The zero-order chi connectivity index (χ0) is 19.7. The molecule has 8 heteroatoms. The maximum atomic E-state index is 12.5. The summed E-state index contributed by atoms with van der Waals surface area (Å²) in [4.78, 5) is 20.4. The Kier molecular flexibility index (Phi) is 4.91. The molecule has 0 saturated carbocycles. The topological polar surface area (TPSA) is 95.2 Å². The summed E-state index contributed by atoms with van der Waals surface area (Å²) >= 11 is 0. The SMILES string of the molecule is CS(=O)(=O)N1CCC(C(=O)Nc2ccc(-c3nc4ccccc4[nH]3)cc2)CC1. The lowest BCUT2D eigenvalue weighted by Gasteiger charge is -2.29. The summed E-state index contributed by atoms with van der Waals surface area (Å²) in [5, 5.41) is 2.93.